The molecule has 4 heteroatoms. The van der Waals surface area contributed by atoms with Gasteiger partial charge in [0.05, 0.1) is 0 Å². The lowest BCUT2D eigenvalue weighted by atomic mass is 10.1. The quantitative estimate of drug-likeness (QED) is 0.671. The van der Waals surface area contributed by atoms with Crippen molar-refractivity contribution in [3.63, 3.8) is 0 Å². The molecule has 0 bridgehead atoms. The van der Waals surface area contributed by atoms with Gasteiger partial charge in [-0.1, -0.05) is 30.3 Å². The zero-order valence-electron chi connectivity index (χ0n) is 13.7. The minimum absolute atomic E-state index is 0. The Hall–Kier alpha value is -2.13. The van der Waals surface area contributed by atoms with Crippen LogP contribution < -0.4 is 4.57 Å². The summed E-state index contributed by atoms with van der Waals surface area (Å²) in [5.41, 5.74) is 6.08. The second-order valence-corrected chi connectivity index (χ2v) is 5.98. The molecule has 23 heavy (non-hydrogen) atoms. The molecule has 0 aliphatic rings. The molecule has 0 atom stereocenters. The van der Waals surface area contributed by atoms with Gasteiger partial charge in [-0.05, 0) is 49.6 Å². The first-order valence-corrected chi connectivity index (χ1v) is 7.57. The van der Waals surface area contributed by atoms with Gasteiger partial charge in [-0.2, -0.15) is 0 Å². The molecule has 0 aliphatic carbocycles. The lowest BCUT2D eigenvalue weighted by molar-refractivity contribution is -0.663. The number of ketones is 1. The van der Waals surface area contributed by atoms with E-state index in [-0.39, 0.29) is 18.2 Å². The molecule has 0 radical (unpaired) electrons. The number of fused-ring (bicyclic) bond motifs is 1. The van der Waals surface area contributed by atoms with E-state index in [0.717, 1.165) is 12.1 Å². The van der Waals surface area contributed by atoms with E-state index in [1.165, 1.54) is 22.2 Å². The summed E-state index contributed by atoms with van der Waals surface area (Å²) in [5.74, 6) is 0.169. The number of imidazole rings is 1. The van der Waals surface area contributed by atoms with Gasteiger partial charge in [-0.15, -0.1) is 12.4 Å². The van der Waals surface area contributed by atoms with Crippen molar-refractivity contribution in [2.75, 3.05) is 0 Å². The molecule has 3 nitrogen and oxygen atoms in total. The number of nitrogens with zero attached hydrogens (tertiary/aromatic N) is 2. The SMILES string of the molecule is CC(=O)Cn1c[n+](Cc2ccccc2)c2cc(C)c(C)cc21.Cl. The lowest BCUT2D eigenvalue weighted by Crippen LogP contribution is -2.33. The smallest absolute Gasteiger partial charge is 0.245 e. The summed E-state index contributed by atoms with van der Waals surface area (Å²) in [6.07, 6.45) is 2.05. The predicted molar refractivity (Wildman–Crippen MR) is 95.1 cm³/mol. The van der Waals surface area contributed by atoms with E-state index in [1.54, 1.807) is 6.92 Å². The highest BCUT2D eigenvalue weighted by Gasteiger charge is 2.18. The molecule has 0 N–H and O–H groups in total. The summed E-state index contributed by atoms with van der Waals surface area (Å²) < 4.78 is 4.27. The first kappa shape index (κ1) is 17.2. The molecule has 0 unspecified atom stereocenters. The lowest BCUT2D eigenvalue weighted by Gasteiger charge is -2.01. The minimum Gasteiger partial charge on any atom is -0.296 e. The van der Waals surface area contributed by atoms with Crippen LogP contribution in [0.5, 0.6) is 0 Å². The van der Waals surface area contributed by atoms with E-state index in [4.69, 9.17) is 0 Å². The normalized spacial score (nSPS) is 10.6. The predicted octanol–water partition coefficient (Wildman–Crippen LogP) is 3.60. The van der Waals surface area contributed by atoms with E-state index >= 15 is 0 Å². The Morgan fingerprint density at radius 3 is 2.39 bits per heavy atom. The third kappa shape index (κ3) is 3.62. The summed E-state index contributed by atoms with van der Waals surface area (Å²) in [6, 6.07) is 14.8. The van der Waals surface area contributed by atoms with E-state index in [2.05, 4.69) is 61.1 Å². The van der Waals surface area contributed by atoms with Gasteiger partial charge in [0.1, 0.15) is 13.1 Å². The minimum atomic E-state index is 0. The van der Waals surface area contributed by atoms with Crippen LogP contribution in [0.3, 0.4) is 0 Å². The average molecular weight is 330 g/mol. The fourth-order valence-electron chi connectivity index (χ4n) is 2.81. The number of aromatic nitrogens is 2. The maximum atomic E-state index is 11.5. The summed E-state index contributed by atoms with van der Waals surface area (Å²) in [7, 11) is 0. The number of halogens is 1. The number of carbonyl (C=O) groups excluding carboxylic acids is 1. The Kier molecular flexibility index (Phi) is 5.22. The van der Waals surface area contributed by atoms with Crippen molar-refractivity contribution in [1.82, 2.24) is 4.57 Å². The van der Waals surface area contributed by atoms with Gasteiger partial charge < -0.3 is 0 Å². The number of hydrogen-bond acceptors (Lipinski definition) is 1. The summed E-state index contributed by atoms with van der Waals surface area (Å²) >= 11 is 0. The molecule has 1 heterocycles. The Labute approximate surface area is 143 Å². The molecule has 1 aromatic heterocycles. The summed E-state index contributed by atoms with van der Waals surface area (Å²) in [4.78, 5) is 11.5. The van der Waals surface area contributed by atoms with Crippen molar-refractivity contribution >= 4 is 29.2 Å². The highest BCUT2D eigenvalue weighted by Crippen LogP contribution is 2.18. The number of aryl methyl sites for hydroxylation is 2. The Morgan fingerprint density at radius 2 is 1.74 bits per heavy atom. The molecule has 3 aromatic rings. The monoisotopic (exact) mass is 329 g/mol. The van der Waals surface area contributed by atoms with Gasteiger partial charge in [-0.3, -0.25) is 4.79 Å². The van der Waals surface area contributed by atoms with E-state index in [1.807, 2.05) is 10.6 Å². The van der Waals surface area contributed by atoms with Crippen molar-refractivity contribution in [3.05, 3.63) is 65.5 Å². The molecule has 3 rings (SSSR count). The first-order valence-electron chi connectivity index (χ1n) is 7.57. The third-order valence-corrected chi connectivity index (χ3v) is 4.08. The number of benzene rings is 2. The maximum absolute atomic E-state index is 11.5. The number of carbonyl (C=O) groups is 1. The van der Waals surface area contributed by atoms with Gasteiger partial charge in [0, 0.05) is 0 Å². The van der Waals surface area contributed by atoms with Crippen molar-refractivity contribution in [2.45, 2.75) is 33.9 Å². The standard InChI is InChI=1S/C19H21N2O.ClH/c1-14-9-18-19(10-15(14)2)21(13-20(18)11-16(3)22)12-17-7-5-4-6-8-17;/h4-10,13H,11-12H2,1-3H3;1H/q+1;. The Bertz CT molecular complexity index is 837. The van der Waals surface area contributed by atoms with Crippen LogP contribution in [0.1, 0.15) is 23.6 Å². The highest BCUT2D eigenvalue weighted by molar-refractivity contribution is 5.85. The van der Waals surface area contributed by atoms with E-state index < -0.39 is 0 Å². The van der Waals surface area contributed by atoms with Crippen molar-refractivity contribution in [1.29, 1.82) is 0 Å². The van der Waals surface area contributed by atoms with Gasteiger partial charge >= 0.3 is 0 Å². The van der Waals surface area contributed by atoms with Gasteiger partial charge in [-0.25, -0.2) is 9.13 Å². The molecule has 0 aliphatic heterocycles. The number of Topliss-reactive ketones (excluding diaryl/α,β-unsaturated/α-hetero) is 1. The second kappa shape index (κ2) is 6.97. The fraction of sp³-hybridized carbons (Fsp3) is 0.263. The number of rotatable bonds is 4. The van der Waals surface area contributed by atoms with Gasteiger partial charge in [0.25, 0.3) is 0 Å². The van der Waals surface area contributed by atoms with Gasteiger partial charge in [0.15, 0.2) is 16.8 Å². The van der Waals surface area contributed by atoms with Crippen LogP contribution in [-0.2, 0) is 17.9 Å². The zero-order chi connectivity index (χ0) is 15.7. The van der Waals surface area contributed by atoms with E-state index in [0.29, 0.717) is 6.54 Å². The molecular weight excluding hydrogens is 308 g/mol. The largest absolute Gasteiger partial charge is 0.296 e. The van der Waals surface area contributed by atoms with Crippen LogP contribution in [0.15, 0.2) is 48.8 Å². The van der Waals surface area contributed by atoms with Crippen LogP contribution in [0.4, 0.5) is 0 Å². The average Bonchev–Trinajstić information content (AvgIpc) is 2.77. The molecule has 0 fully saturated rings. The summed E-state index contributed by atoms with van der Waals surface area (Å²) in [5, 5.41) is 0. The van der Waals surface area contributed by atoms with E-state index in [9.17, 15) is 4.79 Å². The molecular formula is C19H22ClN2O+. The second-order valence-electron chi connectivity index (χ2n) is 5.98. The van der Waals surface area contributed by atoms with Crippen molar-refractivity contribution in [2.24, 2.45) is 0 Å². The molecule has 0 saturated carbocycles. The zero-order valence-corrected chi connectivity index (χ0v) is 14.6. The first-order chi connectivity index (χ1) is 10.5. The highest BCUT2D eigenvalue weighted by atomic mass is 35.5. The van der Waals surface area contributed by atoms with Crippen LogP contribution in [0, 0.1) is 13.8 Å². The Balaban J connectivity index is 0.00000192. The molecule has 0 saturated heterocycles. The summed E-state index contributed by atoms with van der Waals surface area (Å²) in [6.45, 7) is 7.10. The molecule has 2 aromatic carbocycles. The van der Waals surface area contributed by atoms with Crippen LogP contribution in [0.25, 0.3) is 11.0 Å². The topological polar surface area (TPSA) is 25.9 Å². The number of hydrogen-bond donors (Lipinski definition) is 0. The molecule has 120 valence electrons. The van der Waals surface area contributed by atoms with Crippen molar-refractivity contribution < 1.29 is 9.36 Å². The van der Waals surface area contributed by atoms with Crippen molar-refractivity contribution in [3.8, 4) is 0 Å². The van der Waals surface area contributed by atoms with Gasteiger partial charge in [0.2, 0.25) is 6.33 Å². The molecule has 0 spiro atoms. The maximum Gasteiger partial charge on any atom is 0.245 e. The van der Waals surface area contributed by atoms with Crippen LogP contribution in [0.2, 0.25) is 0 Å². The molecule has 0 amide bonds. The third-order valence-electron chi connectivity index (χ3n) is 4.08. The van der Waals surface area contributed by atoms with Crippen LogP contribution >= 0.6 is 12.4 Å². The van der Waals surface area contributed by atoms with Crippen LogP contribution in [-0.4, -0.2) is 10.4 Å². The Morgan fingerprint density at radius 1 is 1.09 bits per heavy atom. The fourth-order valence-corrected chi connectivity index (χ4v) is 2.81.